The van der Waals surface area contributed by atoms with Crippen LogP contribution in [0.4, 0.5) is 5.69 Å². The highest BCUT2D eigenvalue weighted by Gasteiger charge is 2.40. The number of amides is 1. The fourth-order valence-electron chi connectivity index (χ4n) is 2.72. The molecule has 1 aromatic rings. The van der Waals surface area contributed by atoms with Crippen molar-refractivity contribution >= 4 is 17.6 Å². The van der Waals surface area contributed by atoms with Gasteiger partial charge in [-0.1, -0.05) is 6.92 Å². The maximum Gasteiger partial charge on any atom is 0.311 e. The van der Waals surface area contributed by atoms with E-state index in [-0.39, 0.29) is 5.69 Å². The van der Waals surface area contributed by atoms with Crippen LogP contribution >= 0.6 is 0 Å². The molecule has 1 fully saturated rings. The lowest BCUT2D eigenvalue weighted by Gasteiger charge is -2.40. The SMILES string of the molecule is CCC1(C(=O)O)CCCN(c2ccnc(C(N)=O)c2)C1. The highest BCUT2D eigenvalue weighted by Crippen LogP contribution is 2.35. The van der Waals surface area contributed by atoms with Crippen molar-refractivity contribution in [1.82, 2.24) is 4.98 Å². The minimum atomic E-state index is -0.756. The summed E-state index contributed by atoms with van der Waals surface area (Å²) in [4.78, 5) is 28.6. The quantitative estimate of drug-likeness (QED) is 0.863. The summed E-state index contributed by atoms with van der Waals surface area (Å²) in [5.74, 6) is -1.34. The van der Waals surface area contributed by atoms with Crippen molar-refractivity contribution < 1.29 is 14.7 Å². The molecular weight excluding hydrogens is 258 g/mol. The molecule has 2 heterocycles. The number of carboxylic acid groups (broad SMARTS) is 1. The average molecular weight is 277 g/mol. The van der Waals surface area contributed by atoms with Crippen LogP contribution in [0.3, 0.4) is 0 Å². The lowest BCUT2D eigenvalue weighted by Crippen LogP contribution is -2.47. The zero-order valence-corrected chi connectivity index (χ0v) is 11.5. The number of hydrogen-bond acceptors (Lipinski definition) is 4. The minimum absolute atomic E-state index is 0.200. The maximum atomic E-state index is 11.5. The molecule has 1 aliphatic rings. The number of pyridine rings is 1. The molecule has 2 rings (SSSR count). The highest BCUT2D eigenvalue weighted by atomic mass is 16.4. The fourth-order valence-corrected chi connectivity index (χ4v) is 2.72. The summed E-state index contributed by atoms with van der Waals surface area (Å²) >= 11 is 0. The van der Waals surface area contributed by atoms with Gasteiger partial charge < -0.3 is 15.7 Å². The number of carbonyl (C=O) groups excluding carboxylic acids is 1. The summed E-state index contributed by atoms with van der Waals surface area (Å²) in [5.41, 5.74) is 5.51. The molecule has 6 heteroatoms. The van der Waals surface area contributed by atoms with E-state index in [2.05, 4.69) is 4.98 Å². The topological polar surface area (TPSA) is 96.5 Å². The first-order chi connectivity index (χ1) is 9.48. The van der Waals surface area contributed by atoms with Gasteiger partial charge >= 0.3 is 5.97 Å². The summed E-state index contributed by atoms with van der Waals surface area (Å²) in [5, 5.41) is 9.48. The van der Waals surface area contributed by atoms with E-state index in [1.54, 1.807) is 12.1 Å². The summed E-state index contributed by atoms with van der Waals surface area (Å²) in [6.07, 6.45) is 3.61. The van der Waals surface area contributed by atoms with Crippen LogP contribution in [0.25, 0.3) is 0 Å². The van der Waals surface area contributed by atoms with Crippen molar-refractivity contribution in [2.75, 3.05) is 18.0 Å². The minimum Gasteiger partial charge on any atom is -0.481 e. The van der Waals surface area contributed by atoms with E-state index in [1.165, 1.54) is 6.20 Å². The Morgan fingerprint density at radius 3 is 2.90 bits per heavy atom. The number of primary amides is 1. The molecule has 1 amide bonds. The lowest BCUT2D eigenvalue weighted by molar-refractivity contribution is -0.149. The molecule has 0 aromatic carbocycles. The Balaban J connectivity index is 2.27. The second-order valence-corrected chi connectivity index (χ2v) is 5.23. The van der Waals surface area contributed by atoms with Crippen molar-refractivity contribution in [3.8, 4) is 0 Å². The van der Waals surface area contributed by atoms with Gasteiger partial charge in [0.25, 0.3) is 5.91 Å². The normalized spacial score (nSPS) is 22.6. The van der Waals surface area contributed by atoms with Gasteiger partial charge in [0.15, 0.2) is 0 Å². The smallest absolute Gasteiger partial charge is 0.311 e. The molecule has 20 heavy (non-hydrogen) atoms. The first-order valence-electron chi connectivity index (χ1n) is 6.73. The van der Waals surface area contributed by atoms with Crippen molar-refractivity contribution in [2.24, 2.45) is 11.1 Å². The number of carbonyl (C=O) groups is 2. The molecular formula is C14H19N3O3. The number of nitrogens with two attached hydrogens (primary N) is 1. The molecule has 0 spiro atoms. The number of carboxylic acids is 1. The molecule has 3 N–H and O–H groups in total. The van der Waals surface area contributed by atoms with Gasteiger partial charge in [0, 0.05) is 25.0 Å². The second kappa shape index (κ2) is 5.48. The summed E-state index contributed by atoms with van der Waals surface area (Å²) in [6, 6.07) is 3.40. The van der Waals surface area contributed by atoms with Gasteiger partial charge in [-0.2, -0.15) is 0 Å². The largest absolute Gasteiger partial charge is 0.481 e. The van der Waals surface area contributed by atoms with Gasteiger partial charge in [-0.3, -0.25) is 14.6 Å². The number of aliphatic carboxylic acids is 1. The lowest BCUT2D eigenvalue weighted by atomic mass is 9.77. The van der Waals surface area contributed by atoms with Crippen LogP contribution in [0.5, 0.6) is 0 Å². The summed E-state index contributed by atoms with van der Waals surface area (Å²) in [7, 11) is 0. The molecule has 1 unspecified atom stereocenters. The predicted octanol–water partition coefficient (Wildman–Crippen LogP) is 1.26. The molecule has 1 aliphatic heterocycles. The van der Waals surface area contributed by atoms with Gasteiger partial charge in [-0.15, -0.1) is 0 Å². The van der Waals surface area contributed by atoms with E-state index in [9.17, 15) is 14.7 Å². The number of piperidine rings is 1. The molecule has 1 aromatic heterocycles. The Labute approximate surface area is 117 Å². The zero-order chi connectivity index (χ0) is 14.8. The first-order valence-corrected chi connectivity index (χ1v) is 6.73. The van der Waals surface area contributed by atoms with Crippen LogP contribution in [0.1, 0.15) is 36.7 Å². The first kappa shape index (κ1) is 14.3. The summed E-state index contributed by atoms with van der Waals surface area (Å²) in [6.45, 7) is 3.12. The van der Waals surface area contributed by atoms with Crippen molar-refractivity contribution in [2.45, 2.75) is 26.2 Å². The molecule has 0 aliphatic carbocycles. The van der Waals surface area contributed by atoms with E-state index >= 15 is 0 Å². The van der Waals surface area contributed by atoms with Crippen LogP contribution in [0.2, 0.25) is 0 Å². The number of hydrogen-bond donors (Lipinski definition) is 2. The van der Waals surface area contributed by atoms with Crippen LogP contribution in [0, 0.1) is 5.41 Å². The molecule has 1 saturated heterocycles. The van der Waals surface area contributed by atoms with Crippen molar-refractivity contribution in [3.05, 3.63) is 24.0 Å². The van der Waals surface area contributed by atoms with Crippen LogP contribution in [0.15, 0.2) is 18.3 Å². The van der Waals surface area contributed by atoms with Gasteiger partial charge in [0.1, 0.15) is 5.69 Å². The van der Waals surface area contributed by atoms with Crippen LogP contribution in [-0.2, 0) is 4.79 Å². The maximum absolute atomic E-state index is 11.5. The Morgan fingerprint density at radius 2 is 2.30 bits per heavy atom. The predicted molar refractivity (Wildman–Crippen MR) is 74.6 cm³/mol. The Bertz CT molecular complexity index is 532. The number of nitrogens with zero attached hydrogens (tertiary/aromatic N) is 2. The van der Waals surface area contributed by atoms with E-state index in [0.717, 1.165) is 18.7 Å². The Kier molecular flexibility index (Phi) is 3.92. The molecule has 6 nitrogen and oxygen atoms in total. The molecule has 0 saturated carbocycles. The molecule has 0 bridgehead atoms. The Morgan fingerprint density at radius 1 is 1.55 bits per heavy atom. The molecule has 1 atom stereocenters. The van der Waals surface area contributed by atoms with Gasteiger partial charge in [-0.25, -0.2) is 0 Å². The number of aromatic nitrogens is 1. The third-order valence-electron chi connectivity index (χ3n) is 4.07. The standard InChI is InChI=1S/C14H19N3O3/c1-2-14(13(19)20)5-3-7-17(9-14)10-4-6-16-11(8-10)12(15)18/h4,6,8H,2-3,5,7,9H2,1H3,(H2,15,18)(H,19,20). The Hall–Kier alpha value is -2.11. The molecule has 108 valence electrons. The monoisotopic (exact) mass is 277 g/mol. The molecule has 0 radical (unpaired) electrons. The summed E-state index contributed by atoms with van der Waals surface area (Å²) < 4.78 is 0. The van der Waals surface area contributed by atoms with Gasteiger partial charge in [0.2, 0.25) is 0 Å². The van der Waals surface area contributed by atoms with Gasteiger partial charge in [0.05, 0.1) is 5.41 Å². The number of rotatable bonds is 4. The fraction of sp³-hybridized carbons (Fsp3) is 0.500. The van der Waals surface area contributed by atoms with E-state index in [4.69, 9.17) is 5.73 Å². The third kappa shape index (κ3) is 2.59. The van der Waals surface area contributed by atoms with E-state index in [1.807, 2.05) is 11.8 Å². The van der Waals surface area contributed by atoms with Crippen molar-refractivity contribution in [3.63, 3.8) is 0 Å². The van der Waals surface area contributed by atoms with E-state index < -0.39 is 17.3 Å². The second-order valence-electron chi connectivity index (χ2n) is 5.23. The zero-order valence-electron chi connectivity index (χ0n) is 11.5. The van der Waals surface area contributed by atoms with Gasteiger partial charge in [-0.05, 0) is 31.4 Å². The van der Waals surface area contributed by atoms with Crippen molar-refractivity contribution in [1.29, 1.82) is 0 Å². The average Bonchev–Trinajstić information content (AvgIpc) is 2.47. The number of anilines is 1. The van der Waals surface area contributed by atoms with Crippen LogP contribution in [-0.4, -0.2) is 35.1 Å². The van der Waals surface area contributed by atoms with Crippen LogP contribution < -0.4 is 10.6 Å². The third-order valence-corrected chi connectivity index (χ3v) is 4.07. The highest BCUT2D eigenvalue weighted by molar-refractivity contribution is 5.91. The van der Waals surface area contributed by atoms with E-state index in [0.29, 0.717) is 19.4 Å².